The summed E-state index contributed by atoms with van der Waals surface area (Å²) < 4.78 is 4.95. The number of para-hydroxylation sites is 1. The smallest absolute Gasteiger partial charge is 0.356 e. The van der Waals surface area contributed by atoms with Gasteiger partial charge in [-0.2, -0.15) is 5.26 Å². The summed E-state index contributed by atoms with van der Waals surface area (Å²) >= 11 is 0. The van der Waals surface area contributed by atoms with E-state index in [-0.39, 0.29) is 5.56 Å². The Labute approximate surface area is 84.7 Å². The van der Waals surface area contributed by atoms with E-state index in [0.29, 0.717) is 16.7 Å². The Balaban J connectivity index is 2.99. The summed E-state index contributed by atoms with van der Waals surface area (Å²) in [6.07, 6.45) is 0. The van der Waals surface area contributed by atoms with E-state index in [1.807, 2.05) is 0 Å². The SMILES string of the molecule is N#Cc1c(NN)c2ccccc2oc1=O. The van der Waals surface area contributed by atoms with Crippen LogP contribution in [0.5, 0.6) is 0 Å². The second-order valence-electron chi connectivity index (χ2n) is 2.89. The van der Waals surface area contributed by atoms with Gasteiger partial charge in [0.1, 0.15) is 11.7 Å². The van der Waals surface area contributed by atoms with Gasteiger partial charge in [0.25, 0.3) is 0 Å². The molecular formula is C10H7N3O2. The number of nitrogen functional groups attached to an aromatic ring is 1. The van der Waals surface area contributed by atoms with Gasteiger partial charge in [-0.05, 0) is 12.1 Å². The van der Waals surface area contributed by atoms with Crippen molar-refractivity contribution in [3.05, 3.63) is 40.2 Å². The first kappa shape index (κ1) is 9.24. The molecule has 0 aliphatic carbocycles. The molecule has 5 nitrogen and oxygen atoms in total. The monoisotopic (exact) mass is 201 g/mol. The van der Waals surface area contributed by atoms with Gasteiger partial charge < -0.3 is 9.84 Å². The lowest BCUT2D eigenvalue weighted by molar-refractivity contribution is 0.559. The van der Waals surface area contributed by atoms with E-state index >= 15 is 0 Å². The topological polar surface area (TPSA) is 92.1 Å². The summed E-state index contributed by atoms with van der Waals surface area (Å²) in [7, 11) is 0. The number of nitrogens with one attached hydrogen (secondary N) is 1. The molecule has 3 N–H and O–H groups in total. The van der Waals surface area contributed by atoms with Gasteiger partial charge >= 0.3 is 5.63 Å². The Morgan fingerprint density at radius 1 is 1.40 bits per heavy atom. The van der Waals surface area contributed by atoms with Crippen LogP contribution in [0.1, 0.15) is 5.56 Å². The van der Waals surface area contributed by atoms with Gasteiger partial charge in [0.05, 0.1) is 5.69 Å². The summed E-state index contributed by atoms with van der Waals surface area (Å²) in [4.78, 5) is 11.4. The number of nitrogens with two attached hydrogens (primary N) is 1. The molecule has 0 spiro atoms. The van der Waals surface area contributed by atoms with Gasteiger partial charge in [-0.1, -0.05) is 12.1 Å². The van der Waals surface area contributed by atoms with E-state index in [0.717, 1.165) is 0 Å². The van der Waals surface area contributed by atoms with Gasteiger partial charge in [-0.25, -0.2) is 4.79 Å². The largest absolute Gasteiger partial charge is 0.422 e. The number of nitriles is 1. The molecule has 0 radical (unpaired) electrons. The molecule has 2 rings (SSSR count). The summed E-state index contributed by atoms with van der Waals surface area (Å²) in [5.41, 5.74) is 2.24. The number of hydrogen-bond acceptors (Lipinski definition) is 5. The average molecular weight is 201 g/mol. The zero-order valence-electron chi connectivity index (χ0n) is 7.65. The van der Waals surface area contributed by atoms with Gasteiger partial charge in [-0.15, -0.1) is 0 Å². The number of hydrazine groups is 1. The lowest BCUT2D eigenvalue weighted by Gasteiger charge is -2.05. The molecule has 2 aromatic rings. The van der Waals surface area contributed by atoms with Gasteiger partial charge in [0, 0.05) is 5.39 Å². The normalized spacial score (nSPS) is 9.87. The fourth-order valence-corrected chi connectivity index (χ4v) is 1.40. The number of nitrogens with zero attached hydrogens (tertiary/aromatic N) is 1. The Morgan fingerprint density at radius 3 is 2.80 bits per heavy atom. The molecule has 0 atom stereocenters. The maximum atomic E-state index is 11.4. The molecule has 0 saturated heterocycles. The molecular weight excluding hydrogens is 194 g/mol. The predicted molar refractivity (Wildman–Crippen MR) is 55.0 cm³/mol. The Kier molecular flexibility index (Phi) is 2.12. The number of benzene rings is 1. The Hall–Kier alpha value is -2.32. The van der Waals surface area contributed by atoms with Crippen LogP contribution in [0, 0.1) is 11.3 Å². The van der Waals surface area contributed by atoms with Crippen LogP contribution >= 0.6 is 0 Å². The van der Waals surface area contributed by atoms with E-state index in [1.165, 1.54) is 0 Å². The van der Waals surface area contributed by atoms with Crippen molar-refractivity contribution in [2.45, 2.75) is 0 Å². The number of anilines is 1. The fraction of sp³-hybridized carbons (Fsp3) is 0. The van der Waals surface area contributed by atoms with Crippen molar-refractivity contribution in [3.63, 3.8) is 0 Å². The highest BCUT2D eigenvalue weighted by atomic mass is 16.4. The van der Waals surface area contributed by atoms with Crippen molar-refractivity contribution in [3.8, 4) is 6.07 Å². The highest BCUT2D eigenvalue weighted by Gasteiger charge is 2.12. The third-order valence-corrected chi connectivity index (χ3v) is 2.07. The van der Waals surface area contributed by atoms with Crippen molar-refractivity contribution >= 4 is 16.7 Å². The quantitative estimate of drug-likeness (QED) is 0.407. The first-order valence-corrected chi connectivity index (χ1v) is 4.20. The lowest BCUT2D eigenvalue weighted by Crippen LogP contribution is -2.14. The molecule has 5 heteroatoms. The molecule has 1 aromatic carbocycles. The van der Waals surface area contributed by atoms with E-state index in [4.69, 9.17) is 15.5 Å². The molecule has 1 aromatic heterocycles. The van der Waals surface area contributed by atoms with Crippen molar-refractivity contribution in [1.82, 2.24) is 0 Å². The van der Waals surface area contributed by atoms with Crippen molar-refractivity contribution < 1.29 is 4.42 Å². The van der Waals surface area contributed by atoms with Crippen LogP contribution in [-0.4, -0.2) is 0 Å². The van der Waals surface area contributed by atoms with Gasteiger partial charge in [0.2, 0.25) is 0 Å². The van der Waals surface area contributed by atoms with E-state index in [1.54, 1.807) is 30.3 Å². The summed E-state index contributed by atoms with van der Waals surface area (Å²) in [6.45, 7) is 0. The highest BCUT2D eigenvalue weighted by Crippen LogP contribution is 2.23. The third kappa shape index (κ3) is 1.33. The second-order valence-corrected chi connectivity index (χ2v) is 2.89. The highest BCUT2D eigenvalue weighted by molar-refractivity contribution is 5.92. The Morgan fingerprint density at radius 2 is 2.13 bits per heavy atom. The van der Waals surface area contributed by atoms with Crippen LogP contribution in [0.15, 0.2) is 33.5 Å². The standard InChI is InChI=1S/C10H7N3O2/c11-5-7-9(13-12)6-3-1-2-4-8(6)15-10(7)14/h1-4,13H,12H2. The van der Waals surface area contributed by atoms with Crippen LogP contribution in [0.25, 0.3) is 11.0 Å². The average Bonchev–Trinajstić information content (AvgIpc) is 2.27. The lowest BCUT2D eigenvalue weighted by atomic mass is 10.1. The van der Waals surface area contributed by atoms with Gasteiger partial charge in [-0.3, -0.25) is 5.84 Å². The molecule has 0 bridgehead atoms. The molecule has 0 unspecified atom stereocenters. The van der Waals surface area contributed by atoms with E-state index in [9.17, 15) is 4.79 Å². The van der Waals surface area contributed by atoms with Crippen LogP contribution in [0.3, 0.4) is 0 Å². The number of hydrogen-bond donors (Lipinski definition) is 2. The van der Waals surface area contributed by atoms with Crippen LogP contribution in [0.2, 0.25) is 0 Å². The van der Waals surface area contributed by atoms with E-state index < -0.39 is 5.63 Å². The molecule has 0 aliphatic heterocycles. The first-order valence-electron chi connectivity index (χ1n) is 4.20. The summed E-state index contributed by atoms with van der Waals surface area (Å²) in [5.74, 6) is 5.28. The molecule has 74 valence electrons. The zero-order valence-corrected chi connectivity index (χ0v) is 7.65. The molecule has 0 amide bonds. The minimum atomic E-state index is -0.691. The zero-order chi connectivity index (χ0) is 10.8. The minimum absolute atomic E-state index is 0.115. The maximum Gasteiger partial charge on any atom is 0.356 e. The molecule has 0 fully saturated rings. The molecule has 1 heterocycles. The maximum absolute atomic E-state index is 11.4. The van der Waals surface area contributed by atoms with Crippen molar-refractivity contribution in [2.24, 2.45) is 5.84 Å². The van der Waals surface area contributed by atoms with Crippen LogP contribution in [-0.2, 0) is 0 Å². The number of rotatable bonds is 1. The van der Waals surface area contributed by atoms with Gasteiger partial charge in [0.15, 0.2) is 5.56 Å². The summed E-state index contributed by atoms with van der Waals surface area (Å²) in [5, 5.41) is 9.39. The minimum Gasteiger partial charge on any atom is -0.422 e. The molecule has 0 aliphatic rings. The van der Waals surface area contributed by atoms with Crippen molar-refractivity contribution in [2.75, 3.05) is 5.43 Å². The van der Waals surface area contributed by atoms with Crippen LogP contribution < -0.4 is 16.9 Å². The van der Waals surface area contributed by atoms with Crippen molar-refractivity contribution in [1.29, 1.82) is 5.26 Å². The third-order valence-electron chi connectivity index (χ3n) is 2.07. The molecule has 0 saturated carbocycles. The van der Waals surface area contributed by atoms with Crippen LogP contribution in [0.4, 0.5) is 5.69 Å². The first-order chi connectivity index (χ1) is 7.27. The number of fused-ring (bicyclic) bond motifs is 1. The predicted octanol–water partition coefficient (Wildman–Crippen LogP) is 0.950. The molecule has 15 heavy (non-hydrogen) atoms. The fourth-order valence-electron chi connectivity index (χ4n) is 1.40. The van der Waals surface area contributed by atoms with E-state index in [2.05, 4.69) is 5.43 Å². The second kappa shape index (κ2) is 3.44. The Bertz CT molecular complexity index is 610. The summed E-state index contributed by atoms with van der Waals surface area (Å²) in [6, 6.07) is 8.61.